The van der Waals surface area contributed by atoms with Crippen LogP contribution in [0.25, 0.3) is 0 Å². The lowest BCUT2D eigenvalue weighted by Crippen LogP contribution is -2.32. The van der Waals surface area contributed by atoms with Gasteiger partial charge in [-0.3, -0.25) is 0 Å². The van der Waals surface area contributed by atoms with Crippen molar-refractivity contribution in [2.75, 3.05) is 13.2 Å². The van der Waals surface area contributed by atoms with E-state index in [0.29, 0.717) is 12.2 Å². The predicted molar refractivity (Wildman–Crippen MR) is 73.0 cm³/mol. The Morgan fingerprint density at radius 1 is 1.35 bits per heavy atom. The van der Waals surface area contributed by atoms with Crippen molar-refractivity contribution >= 4 is 16.0 Å². The lowest BCUT2D eigenvalue weighted by Gasteiger charge is -2.11. The molecule has 1 aromatic rings. The zero-order valence-corrected chi connectivity index (χ0v) is 11.7. The number of carboxylic acids is 1. The topological polar surface area (TPSA) is 92.7 Å². The van der Waals surface area contributed by atoms with Gasteiger partial charge in [-0.2, -0.15) is 0 Å². The highest BCUT2D eigenvalue weighted by atomic mass is 32.2. The first-order valence-corrected chi connectivity index (χ1v) is 8.03. The molecule has 20 heavy (non-hydrogen) atoms. The highest BCUT2D eigenvalue weighted by molar-refractivity contribution is 7.88. The zero-order chi connectivity index (χ0) is 14.6. The Labute approximate surface area is 117 Å². The quantitative estimate of drug-likeness (QED) is 0.817. The average Bonchev–Trinajstić information content (AvgIpc) is 2.90. The maximum absolute atomic E-state index is 11.9. The van der Waals surface area contributed by atoms with Crippen molar-refractivity contribution in [2.24, 2.45) is 0 Å². The molecule has 2 rings (SSSR count). The summed E-state index contributed by atoms with van der Waals surface area (Å²) in [5.74, 6) is -1.20. The molecule has 1 heterocycles. The number of rotatable bonds is 6. The van der Waals surface area contributed by atoms with E-state index in [0.717, 1.165) is 12.8 Å². The summed E-state index contributed by atoms with van der Waals surface area (Å²) < 4.78 is 31.7. The molecule has 1 fully saturated rings. The summed E-state index contributed by atoms with van der Waals surface area (Å²) in [5.41, 5.74) is 0.688. The maximum Gasteiger partial charge on any atom is 0.335 e. The fraction of sp³-hybridized carbons (Fsp3) is 0.462. The summed E-state index contributed by atoms with van der Waals surface area (Å²) in [6.45, 7) is 0.971. The van der Waals surface area contributed by atoms with E-state index in [1.807, 2.05) is 0 Å². The van der Waals surface area contributed by atoms with Gasteiger partial charge in [0.1, 0.15) is 0 Å². The lowest BCUT2D eigenvalue weighted by molar-refractivity contribution is 0.0697. The predicted octanol–water partition coefficient (Wildman–Crippen LogP) is 0.983. The van der Waals surface area contributed by atoms with Gasteiger partial charge in [0, 0.05) is 13.2 Å². The number of carboxylic acid groups (broad SMARTS) is 1. The Bertz CT molecular complexity index is 561. The highest BCUT2D eigenvalue weighted by Crippen LogP contribution is 2.12. The van der Waals surface area contributed by atoms with Crippen LogP contribution in [0.1, 0.15) is 28.8 Å². The molecule has 0 amide bonds. The molecular weight excluding hydrogens is 282 g/mol. The molecule has 0 radical (unpaired) electrons. The number of sulfonamides is 1. The van der Waals surface area contributed by atoms with E-state index in [9.17, 15) is 13.2 Å². The second-order valence-corrected chi connectivity index (χ2v) is 6.55. The van der Waals surface area contributed by atoms with Gasteiger partial charge >= 0.3 is 5.97 Å². The number of hydrogen-bond acceptors (Lipinski definition) is 4. The Balaban J connectivity index is 1.91. The molecule has 1 aliphatic heterocycles. The normalized spacial score (nSPS) is 19.1. The van der Waals surface area contributed by atoms with E-state index in [1.54, 1.807) is 0 Å². The molecule has 1 saturated heterocycles. The van der Waals surface area contributed by atoms with Crippen LogP contribution >= 0.6 is 0 Å². The Hall–Kier alpha value is -1.44. The minimum Gasteiger partial charge on any atom is -0.478 e. The molecule has 110 valence electrons. The van der Waals surface area contributed by atoms with E-state index in [4.69, 9.17) is 9.84 Å². The SMILES string of the molecule is O=C(O)c1ccc(CS(=O)(=O)NCC2CCCO2)cc1. The van der Waals surface area contributed by atoms with Crippen LogP contribution in [0.4, 0.5) is 0 Å². The Morgan fingerprint density at radius 2 is 2.05 bits per heavy atom. The third-order valence-corrected chi connectivity index (χ3v) is 4.43. The summed E-state index contributed by atoms with van der Waals surface area (Å²) in [5, 5.41) is 8.77. The molecule has 0 aromatic heterocycles. The molecule has 0 spiro atoms. The highest BCUT2D eigenvalue weighted by Gasteiger charge is 2.19. The molecule has 1 unspecified atom stereocenters. The molecule has 1 aliphatic rings. The summed E-state index contributed by atoms with van der Waals surface area (Å²) in [7, 11) is -3.43. The summed E-state index contributed by atoms with van der Waals surface area (Å²) in [6.07, 6.45) is 1.79. The third-order valence-electron chi connectivity index (χ3n) is 3.11. The van der Waals surface area contributed by atoms with Gasteiger partial charge in [0.05, 0.1) is 17.4 Å². The van der Waals surface area contributed by atoms with E-state index < -0.39 is 16.0 Å². The number of nitrogens with one attached hydrogen (secondary N) is 1. The van der Waals surface area contributed by atoms with Crippen LogP contribution in [0.15, 0.2) is 24.3 Å². The number of hydrogen-bond donors (Lipinski definition) is 2. The van der Waals surface area contributed by atoms with Crippen molar-refractivity contribution in [3.05, 3.63) is 35.4 Å². The van der Waals surface area contributed by atoms with Gasteiger partial charge in [-0.25, -0.2) is 17.9 Å². The van der Waals surface area contributed by atoms with Crippen molar-refractivity contribution in [2.45, 2.75) is 24.7 Å². The molecule has 1 aromatic carbocycles. The first-order valence-electron chi connectivity index (χ1n) is 6.37. The van der Waals surface area contributed by atoms with Crippen LogP contribution in [0, 0.1) is 0 Å². The molecule has 2 N–H and O–H groups in total. The van der Waals surface area contributed by atoms with E-state index in [1.165, 1.54) is 24.3 Å². The number of benzene rings is 1. The van der Waals surface area contributed by atoms with Crippen LogP contribution < -0.4 is 4.72 Å². The van der Waals surface area contributed by atoms with Gasteiger partial charge in [0.2, 0.25) is 10.0 Å². The second kappa shape index (κ2) is 6.34. The summed E-state index contributed by atoms with van der Waals surface area (Å²) in [6, 6.07) is 5.81. The molecule has 1 atom stereocenters. The minimum absolute atomic E-state index is 0.0424. The standard InChI is InChI=1S/C13H17NO5S/c15-13(16)11-5-3-10(4-6-11)9-20(17,18)14-8-12-2-1-7-19-12/h3-6,12,14H,1-2,7-9H2,(H,15,16). The van der Waals surface area contributed by atoms with Crippen molar-refractivity contribution < 1.29 is 23.1 Å². The molecule has 0 bridgehead atoms. The molecule has 6 nitrogen and oxygen atoms in total. The summed E-state index contributed by atoms with van der Waals surface area (Å²) in [4.78, 5) is 10.7. The van der Waals surface area contributed by atoms with Gasteiger partial charge in [-0.1, -0.05) is 12.1 Å². The number of carbonyl (C=O) groups is 1. The summed E-state index contributed by atoms with van der Waals surface area (Å²) >= 11 is 0. The number of aromatic carboxylic acids is 1. The Kier molecular flexibility index (Phi) is 4.74. The van der Waals surface area contributed by atoms with Crippen LogP contribution in [0.2, 0.25) is 0 Å². The smallest absolute Gasteiger partial charge is 0.335 e. The monoisotopic (exact) mass is 299 g/mol. The van der Waals surface area contributed by atoms with Gasteiger partial charge < -0.3 is 9.84 Å². The van der Waals surface area contributed by atoms with Crippen LogP contribution in [0.5, 0.6) is 0 Å². The largest absolute Gasteiger partial charge is 0.478 e. The first kappa shape index (κ1) is 15.0. The maximum atomic E-state index is 11.9. The van der Waals surface area contributed by atoms with Gasteiger partial charge in [0.25, 0.3) is 0 Å². The lowest BCUT2D eigenvalue weighted by atomic mass is 10.1. The average molecular weight is 299 g/mol. The van der Waals surface area contributed by atoms with Crippen molar-refractivity contribution in [3.8, 4) is 0 Å². The molecule has 0 aliphatic carbocycles. The number of ether oxygens (including phenoxy) is 1. The molecule has 7 heteroatoms. The molecular formula is C13H17NO5S. The van der Waals surface area contributed by atoms with E-state index >= 15 is 0 Å². The van der Waals surface area contributed by atoms with Crippen LogP contribution in [-0.4, -0.2) is 38.7 Å². The zero-order valence-electron chi connectivity index (χ0n) is 10.9. The second-order valence-electron chi connectivity index (χ2n) is 4.74. The molecule has 0 saturated carbocycles. The van der Waals surface area contributed by atoms with E-state index in [-0.39, 0.29) is 24.0 Å². The van der Waals surface area contributed by atoms with Crippen molar-refractivity contribution in [1.29, 1.82) is 0 Å². The van der Waals surface area contributed by atoms with Crippen molar-refractivity contribution in [1.82, 2.24) is 4.72 Å². The first-order chi connectivity index (χ1) is 9.46. The van der Waals surface area contributed by atoms with Crippen molar-refractivity contribution in [3.63, 3.8) is 0 Å². The van der Waals surface area contributed by atoms with Crippen LogP contribution in [-0.2, 0) is 20.5 Å². The Morgan fingerprint density at radius 3 is 2.60 bits per heavy atom. The third kappa shape index (κ3) is 4.29. The fourth-order valence-electron chi connectivity index (χ4n) is 2.04. The minimum atomic E-state index is -3.43. The van der Waals surface area contributed by atoms with Gasteiger partial charge in [0.15, 0.2) is 0 Å². The van der Waals surface area contributed by atoms with Gasteiger partial charge in [-0.05, 0) is 30.5 Å². The fourth-order valence-corrected chi connectivity index (χ4v) is 3.21. The van der Waals surface area contributed by atoms with Crippen LogP contribution in [0.3, 0.4) is 0 Å². The van der Waals surface area contributed by atoms with Gasteiger partial charge in [-0.15, -0.1) is 0 Å². The van der Waals surface area contributed by atoms with E-state index in [2.05, 4.69) is 4.72 Å².